The van der Waals surface area contributed by atoms with Gasteiger partial charge < -0.3 is 16.0 Å². The fraction of sp³-hybridized carbons (Fsp3) is 0.143. The SMILES string of the molecule is O=C(NCCNc1ncccc1Cl)Nc1ccc(Br)cc1. The molecule has 2 rings (SSSR count). The molecule has 2 aromatic rings. The van der Waals surface area contributed by atoms with Crippen LogP contribution in [0.4, 0.5) is 16.3 Å². The Bertz CT molecular complexity index is 606. The molecule has 0 unspecified atom stereocenters. The molecular weight excluding hydrogens is 356 g/mol. The van der Waals surface area contributed by atoms with Crippen LogP contribution in [-0.4, -0.2) is 24.1 Å². The Hall–Kier alpha value is -1.79. The smallest absolute Gasteiger partial charge is 0.319 e. The van der Waals surface area contributed by atoms with Gasteiger partial charge in [-0.2, -0.15) is 0 Å². The molecule has 0 aliphatic carbocycles. The molecule has 0 radical (unpaired) electrons. The maximum Gasteiger partial charge on any atom is 0.319 e. The summed E-state index contributed by atoms with van der Waals surface area (Å²) in [4.78, 5) is 15.8. The molecule has 0 aliphatic rings. The number of urea groups is 1. The number of pyridine rings is 1. The third-order valence-corrected chi connectivity index (χ3v) is 3.40. The van der Waals surface area contributed by atoms with Gasteiger partial charge in [0.25, 0.3) is 0 Å². The predicted molar refractivity (Wildman–Crippen MR) is 88.9 cm³/mol. The highest BCUT2D eigenvalue weighted by Gasteiger charge is 2.02. The average molecular weight is 370 g/mol. The Morgan fingerprint density at radius 3 is 2.67 bits per heavy atom. The second-order valence-corrected chi connectivity index (χ2v) is 5.47. The van der Waals surface area contributed by atoms with Crippen molar-refractivity contribution in [1.82, 2.24) is 10.3 Å². The molecule has 1 heterocycles. The molecule has 3 N–H and O–H groups in total. The van der Waals surface area contributed by atoms with Crippen molar-refractivity contribution in [1.29, 1.82) is 0 Å². The number of carbonyl (C=O) groups is 1. The standard InChI is InChI=1S/C14H14BrClN4O/c15-10-3-5-11(6-4-10)20-14(21)19-9-8-18-13-12(16)2-1-7-17-13/h1-7H,8-9H2,(H,17,18)(H2,19,20,21). The maximum absolute atomic E-state index is 11.7. The summed E-state index contributed by atoms with van der Waals surface area (Å²) in [5.74, 6) is 0.606. The van der Waals surface area contributed by atoms with Gasteiger partial charge in [0.05, 0.1) is 5.02 Å². The second-order valence-electron chi connectivity index (χ2n) is 4.15. The minimum Gasteiger partial charge on any atom is -0.367 e. The molecule has 0 aliphatic heterocycles. The van der Waals surface area contributed by atoms with E-state index >= 15 is 0 Å². The summed E-state index contributed by atoms with van der Waals surface area (Å²) in [7, 11) is 0. The fourth-order valence-electron chi connectivity index (χ4n) is 1.58. The van der Waals surface area contributed by atoms with Crippen molar-refractivity contribution in [2.24, 2.45) is 0 Å². The van der Waals surface area contributed by atoms with Gasteiger partial charge in [-0.25, -0.2) is 9.78 Å². The maximum atomic E-state index is 11.7. The summed E-state index contributed by atoms with van der Waals surface area (Å²) in [6.45, 7) is 0.986. The fourth-order valence-corrected chi connectivity index (χ4v) is 2.03. The quantitative estimate of drug-likeness (QED) is 0.704. The number of nitrogens with zero attached hydrogens (tertiary/aromatic N) is 1. The Morgan fingerprint density at radius 2 is 1.95 bits per heavy atom. The Balaban J connectivity index is 1.70. The van der Waals surface area contributed by atoms with Crippen molar-refractivity contribution in [2.75, 3.05) is 23.7 Å². The molecule has 1 aromatic heterocycles. The normalized spacial score (nSPS) is 10.0. The van der Waals surface area contributed by atoms with E-state index in [0.29, 0.717) is 23.9 Å². The molecule has 2 amide bonds. The van der Waals surface area contributed by atoms with Crippen LogP contribution in [0.15, 0.2) is 47.1 Å². The van der Waals surface area contributed by atoms with Gasteiger partial charge in [0.1, 0.15) is 5.82 Å². The van der Waals surface area contributed by atoms with Crippen LogP contribution < -0.4 is 16.0 Å². The number of anilines is 2. The lowest BCUT2D eigenvalue weighted by Gasteiger charge is -2.09. The van der Waals surface area contributed by atoms with Gasteiger partial charge in [-0.3, -0.25) is 0 Å². The second kappa shape index (κ2) is 7.85. The molecule has 0 fully saturated rings. The van der Waals surface area contributed by atoms with Crippen molar-refractivity contribution < 1.29 is 4.79 Å². The zero-order valence-electron chi connectivity index (χ0n) is 11.1. The molecule has 0 atom stereocenters. The van der Waals surface area contributed by atoms with Gasteiger partial charge >= 0.3 is 6.03 Å². The van der Waals surface area contributed by atoms with E-state index in [1.54, 1.807) is 18.3 Å². The lowest BCUT2D eigenvalue weighted by molar-refractivity contribution is 0.252. The topological polar surface area (TPSA) is 66.0 Å². The summed E-state index contributed by atoms with van der Waals surface area (Å²) in [6.07, 6.45) is 1.65. The van der Waals surface area contributed by atoms with Crippen LogP contribution in [0.5, 0.6) is 0 Å². The van der Waals surface area contributed by atoms with Crippen LogP contribution in [0, 0.1) is 0 Å². The van der Waals surface area contributed by atoms with Crippen LogP contribution in [0.1, 0.15) is 0 Å². The van der Waals surface area contributed by atoms with E-state index < -0.39 is 0 Å². The third kappa shape index (κ3) is 5.24. The van der Waals surface area contributed by atoms with Crippen LogP contribution >= 0.6 is 27.5 Å². The molecule has 1 aromatic carbocycles. The zero-order chi connectivity index (χ0) is 15.1. The van der Waals surface area contributed by atoms with Crippen LogP contribution in [0.3, 0.4) is 0 Å². The number of rotatable bonds is 5. The monoisotopic (exact) mass is 368 g/mol. The van der Waals surface area contributed by atoms with E-state index in [2.05, 4.69) is 36.9 Å². The minimum atomic E-state index is -0.258. The number of halogens is 2. The van der Waals surface area contributed by atoms with Crippen molar-refractivity contribution in [3.8, 4) is 0 Å². The predicted octanol–water partition coefficient (Wildman–Crippen LogP) is 3.73. The lowest BCUT2D eigenvalue weighted by atomic mass is 10.3. The summed E-state index contributed by atoms with van der Waals surface area (Å²) in [6, 6.07) is 10.6. The molecule has 0 saturated carbocycles. The molecule has 0 bridgehead atoms. The van der Waals surface area contributed by atoms with Crippen molar-refractivity contribution in [2.45, 2.75) is 0 Å². The number of carbonyl (C=O) groups excluding carboxylic acids is 1. The molecule has 110 valence electrons. The number of hydrogen-bond donors (Lipinski definition) is 3. The number of hydrogen-bond acceptors (Lipinski definition) is 3. The molecular formula is C14H14BrClN4O. The van der Waals surface area contributed by atoms with Gasteiger partial charge in [0.15, 0.2) is 0 Å². The number of benzene rings is 1. The first-order valence-electron chi connectivity index (χ1n) is 6.30. The summed E-state index contributed by atoms with van der Waals surface area (Å²) >= 11 is 9.29. The van der Waals surface area contributed by atoms with E-state index in [0.717, 1.165) is 10.2 Å². The van der Waals surface area contributed by atoms with Gasteiger partial charge in [-0.1, -0.05) is 27.5 Å². The Kier molecular flexibility index (Phi) is 5.83. The first-order chi connectivity index (χ1) is 10.1. The van der Waals surface area contributed by atoms with Crippen LogP contribution in [0.2, 0.25) is 5.02 Å². The van der Waals surface area contributed by atoms with Gasteiger partial charge in [-0.05, 0) is 36.4 Å². The van der Waals surface area contributed by atoms with Gasteiger partial charge in [0.2, 0.25) is 0 Å². The number of aromatic nitrogens is 1. The van der Waals surface area contributed by atoms with Crippen molar-refractivity contribution >= 4 is 45.1 Å². The zero-order valence-corrected chi connectivity index (χ0v) is 13.4. The van der Waals surface area contributed by atoms with Crippen molar-refractivity contribution in [3.05, 3.63) is 52.1 Å². The van der Waals surface area contributed by atoms with E-state index in [-0.39, 0.29) is 6.03 Å². The van der Waals surface area contributed by atoms with E-state index in [4.69, 9.17) is 11.6 Å². The summed E-state index contributed by atoms with van der Waals surface area (Å²) in [5.41, 5.74) is 0.733. The van der Waals surface area contributed by atoms with E-state index in [1.807, 2.05) is 24.3 Å². The molecule has 5 nitrogen and oxygen atoms in total. The van der Waals surface area contributed by atoms with Gasteiger partial charge in [-0.15, -0.1) is 0 Å². The first kappa shape index (κ1) is 15.6. The van der Waals surface area contributed by atoms with Gasteiger partial charge in [0, 0.05) is 29.4 Å². The molecule has 0 saturated heterocycles. The molecule has 0 spiro atoms. The van der Waals surface area contributed by atoms with E-state index in [9.17, 15) is 4.79 Å². The minimum absolute atomic E-state index is 0.258. The van der Waals surface area contributed by atoms with E-state index in [1.165, 1.54) is 0 Å². The van der Waals surface area contributed by atoms with Crippen LogP contribution in [-0.2, 0) is 0 Å². The Labute approximate surface area is 136 Å². The molecule has 21 heavy (non-hydrogen) atoms. The third-order valence-electron chi connectivity index (χ3n) is 2.56. The Morgan fingerprint density at radius 1 is 1.19 bits per heavy atom. The highest BCUT2D eigenvalue weighted by Crippen LogP contribution is 2.16. The summed E-state index contributed by atoms with van der Waals surface area (Å²) in [5, 5.41) is 9.08. The first-order valence-corrected chi connectivity index (χ1v) is 7.47. The largest absolute Gasteiger partial charge is 0.367 e. The summed E-state index contributed by atoms with van der Waals surface area (Å²) < 4.78 is 0.963. The highest BCUT2D eigenvalue weighted by atomic mass is 79.9. The number of amides is 2. The highest BCUT2D eigenvalue weighted by molar-refractivity contribution is 9.10. The number of nitrogens with one attached hydrogen (secondary N) is 3. The average Bonchev–Trinajstić information content (AvgIpc) is 2.48. The van der Waals surface area contributed by atoms with Crippen molar-refractivity contribution in [3.63, 3.8) is 0 Å². The lowest BCUT2D eigenvalue weighted by Crippen LogP contribution is -2.32. The van der Waals surface area contributed by atoms with Crippen LogP contribution in [0.25, 0.3) is 0 Å². The molecule has 7 heteroatoms.